The molecule has 0 heterocycles. The molecule has 3 aromatic rings. The van der Waals surface area contributed by atoms with Gasteiger partial charge in [0.15, 0.2) is 0 Å². The van der Waals surface area contributed by atoms with Crippen LogP contribution in [0.25, 0.3) is 0 Å². The molecule has 0 aliphatic heterocycles. The van der Waals surface area contributed by atoms with E-state index in [4.69, 9.17) is 34.8 Å². The SMILES string of the molecule is C[C@@H](NC(=O)CN(Cc1ccc(Cl)c(Cl)c1)S(=O)(=O)c1ccc(Cl)cc1)c1ccc(F)cc1. The van der Waals surface area contributed by atoms with Crippen LogP contribution in [0.1, 0.15) is 24.1 Å². The maximum absolute atomic E-state index is 13.3. The first kappa shape index (κ1) is 25.5. The molecule has 0 aliphatic carbocycles. The number of rotatable bonds is 8. The van der Waals surface area contributed by atoms with Gasteiger partial charge in [0.25, 0.3) is 0 Å². The first-order chi connectivity index (χ1) is 15.6. The zero-order valence-electron chi connectivity index (χ0n) is 17.4. The standard InChI is InChI=1S/C23H20Cl3FN2O3S/c1-15(17-3-7-19(27)8-4-17)28-23(30)14-29(13-16-2-11-21(25)22(26)12-16)33(31,32)20-9-5-18(24)6-10-20/h2-12,15H,13-14H2,1H3,(H,28,30)/t15-/m1/s1. The number of hydrogen-bond donors (Lipinski definition) is 1. The number of carbonyl (C=O) groups is 1. The number of halogens is 4. The van der Waals surface area contributed by atoms with Crippen molar-refractivity contribution < 1.29 is 17.6 Å². The van der Waals surface area contributed by atoms with E-state index in [1.807, 2.05) is 0 Å². The van der Waals surface area contributed by atoms with Crippen LogP contribution in [-0.4, -0.2) is 25.2 Å². The van der Waals surface area contributed by atoms with E-state index in [0.29, 0.717) is 21.2 Å². The Morgan fingerprint density at radius 2 is 1.61 bits per heavy atom. The van der Waals surface area contributed by atoms with Crippen molar-refractivity contribution in [1.29, 1.82) is 0 Å². The maximum Gasteiger partial charge on any atom is 0.243 e. The van der Waals surface area contributed by atoms with Crippen molar-refractivity contribution in [3.8, 4) is 0 Å². The topological polar surface area (TPSA) is 66.5 Å². The van der Waals surface area contributed by atoms with Crippen LogP contribution in [0.3, 0.4) is 0 Å². The lowest BCUT2D eigenvalue weighted by Crippen LogP contribution is -2.41. The van der Waals surface area contributed by atoms with Gasteiger partial charge in [-0.05, 0) is 66.6 Å². The van der Waals surface area contributed by atoms with E-state index < -0.39 is 28.5 Å². The molecule has 174 valence electrons. The molecule has 0 aliphatic rings. The van der Waals surface area contributed by atoms with E-state index in [0.717, 1.165) is 4.31 Å². The Morgan fingerprint density at radius 3 is 2.21 bits per heavy atom. The molecule has 1 amide bonds. The quantitative estimate of drug-likeness (QED) is 0.398. The Morgan fingerprint density at radius 1 is 0.970 bits per heavy atom. The van der Waals surface area contributed by atoms with E-state index in [1.165, 1.54) is 36.4 Å². The number of amides is 1. The predicted molar refractivity (Wildman–Crippen MR) is 128 cm³/mol. The minimum atomic E-state index is -4.05. The highest BCUT2D eigenvalue weighted by Crippen LogP contribution is 2.25. The van der Waals surface area contributed by atoms with Crippen molar-refractivity contribution in [3.63, 3.8) is 0 Å². The lowest BCUT2D eigenvalue weighted by Gasteiger charge is -2.23. The second kappa shape index (κ2) is 10.8. The van der Waals surface area contributed by atoms with Crippen LogP contribution in [0, 0.1) is 5.82 Å². The first-order valence-corrected chi connectivity index (χ1v) is 12.4. The summed E-state index contributed by atoms with van der Waals surface area (Å²) in [6.45, 7) is 1.17. The van der Waals surface area contributed by atoms with E-state index >= 15 is 0 Å². The largest absolute Gasteiger partial charge is 0.348 e. The third kappa shape index (κ3) is 6.68. The van der Waals surface area contributed by atoms with Gasteiger partial charge in [0, 0.05) is 11.6 Å². The Labute approximate surface area is 207 Å². The number of nitrogens with zero attached hydrogens (tertiary/aromatic N) is 1. The molecule has 5 nitrogen and oxygen atoms in total. The zero-order valence-corrected chi connectivity index (χ0v) is 20.5. The summed E-state index contributed by atoms with van der Waals surface area (Å²) >= 11 is 17.9. The molecule has 0 bridgehead atoms. The maximum atomic E-state index is 13.3. The number of hydrogen-bond acceptors (Lipinski definition) is 3. The van der Waals surface area contributed by atoms with Crippen LogP contribution in [0.15, 0.2) is 71.6 Å². The van der Waals surface area contributed by atoms with Crippen LogP contribution in [0.5, 0.6) is 0 Å². The van der Waals surface area contributed by atoms with Crippen molar-refractivity contribution in [3.05, 3.63) is 98.7 Å². The highest BCUT2D eigenvalue weighted by atomic mass is 35.5. The minimum Gasteiger partial charge on any atom is -0.348 e. The van der Waals surface area contributed by atoms with Crippen molar-refractivity contribution in [1.82, 2.24) is 9.62 Å². The minimum absolute atomic E-state index is 0.00802. The molecule has 10 heteroatoms. The first-order valence-electron chi connectivity index (χ1n) is 9.81. The molecular weight excluding hydrogens is 510 g/mol. The van der Waals surface area contributed by atoms with Crippen molar-refractivity contribution in [2.75, 3.05) is 6.54 Å². The number of carbonyl (C=O) groups excluding carboxylic acids is 1. The van der Waals surface area contributed by atoms with Crippen molar-refractivity contribution in [2.45, 2.75) is 24.4 Å². The zero-order chi connectivity index (χ0) is 24.2. The number of nitrogens with one attached hydrogen (secondary N) is 1. The fourth-order valence-corrected chi connectivity index (χ4v) is 4.94. The van der Waals surface area contributed by atoms with Gasteiger partial charge in [-0.25, -0.2) is 12.8 Å². The molecule has 33 heavy (non-hydrogen) atoms. The van der Waals surface area contributed by atoms with E-state index in [9.17, 15) is 17.6 Å². The highest BCUT2D eigenvalue weighted by Gasteiger charge is 2.27. The molecule has 0 radical (unpaired) electrons. The number of sulfonamides is 1. The summed E-state index contributed by atoms with van der Waals surface area (Å²) in [7, 11) is -4.05. The monoisotopic (exact) mass is 528 g/mol. The molecule has 0 fully saturated rings. The Bertz CT molecular complexity index is 1240. The third-order valence-electron chi connectivity index (χ3n) is 4.86. The van der Waals surface area contributed by atoms with Crippen LogP contribution >= 0.6 is 34.8 Å². The van der Waals surface area contributed by atoms with E-state index in [-0.39, 0.29) is 22.3 Å². The summed E-state index contributed by atoms with van der Waals surface area (Å²) in [6.07, 6.45) is 0. The Balaban J connectivity index is 1.85. The van der Waals surface area contributed by atoms with Gasteiger partial charge < -0.3 is 5.32 Å². The van der Waals surface area contributed by atoms with Gasteiger partial charge in [0.1, 0.15) is 5.82 Å². The van der Waals surface area contributed by atoms with Crippen LogP contribution < -0.4 is 5.32 Å². The second-order valence-electron chi connectivity index (χ2n) is 7.32. The van der Waals surface area contributed by atoms with Gasteiger partial charge in [0.2, 0.25) is 15.9 Å². The highest BCUT2D eigenvalue weighted by molar-refractivity contribution is 7.89. The summed E-state index contributed by atoms with van der Waals surface area (Å²) < 4.78 is 40.9. The molecule has 1 N–H and O–H groups in total. The molecular formula is C23H20Cl3FN2O3S. The van der Waals surface area contributed by atoms with Gasteiger partial charge >= 0.3 is 0 Å². The fraction of sp³-hybridized carbons (Fsp3) is 0.174. The summed E-state index contributed by atoms with van der Waals surface area (Å²) in [5, 5.41) is 3.74. The summed E-state index contributed by atoms with van der Waals surface area (Å²) in [5.74, 6) is -0.913. The van der Waals surface area contributed by atoms with Crippen LogP contribution in [-0.2, 0) is 21.4 Å². The summed E-state index contributed by atoms with van der Waals surface area (Å²) in [5.41, 5.74) is 1.24. The van der Waals surface area contributed by atoms with Crippen molar-refractivity contribution >= 4 is 50.7 Å². The molecule has 3 rings (SSSR count). The molecule has 3 aromatic carbocycles. The Kier molecular flexibility index (Phi) is 8.37. The average molecular weight is 530 g/mol. The predicted octanol–water partition coefficient (Wildman–Crippen LogP) is 5.85. The molecule has 0 saturated carbocycles. The van der Waals surface area contributed by atoms with E-state index in [1.54, 1.807) is 37.3 Å². The molecule has 0 spiro atoms. The molecule has 0 aromatic heterocycles. The van der Waals surface area contributed by atoms with Gasteiger partial charge in [0.05, 0.1) is 27.5 Å². The normalized spacial score (nSPS) is 12.5. The smallest absolute Gasteiger partial charge is 0.243 e. The van der Waals surface area contributed by atoms with Gasteiger partial charge in [-0.1, -0.05) is 53.0 Å². The van der Waals surface area contributed by atoms with Crippen LogP contribution in [0.4, 0.5) is 4.39 Å². The van der Waals surface area contributed by atoms with Gasteiger partial charge in [-0.3, -0.25) is 4.79 Å². The lowest BCUT2D eigenvalue weighted by molar-refractivity contribution is -0.122. The molecule has 1 atom stereocenters. The van der Waals surface area contributed by atoms with Gasteiger partial charge in [-0.15, -0.1) is 0 Å². The van der Waals surface area contributed by atoms with Gasteiger partial charge in [-0.2, -0.15) is 4.31 Å². The molecule has 0 saturated heterocycles. The lowest BCUT2D eigenvalue weighted by atomic mass is 10.1. The summed E-state index contributed by atoms with van der Waals surface area (Å²) in [6, 6.07) is 15.6. The average Bonchev–Trinajstić information content (AvgIpc) is 2.76. The third-order valence-corrected chi connectivity index (χ3v) is 7.66. The summed E-state index contributed by atoms with van der Waals surface area (Å²) in [4.78, 5) is 12.8. The van der Waals surface area contributed by atoms with Crippen LogP contribution in [0.2, 0.25) is 15.1 Å². The second-order valence-corrected chi connectivity index (χ2v) is 10.5. The molecule has 0 unspecified atom stereocenters. The van der Waals surface area contributed by atoms with Crippen molar-refractivity contribution in [2.24, 2.45) is 0 Å². The van der Waals surface area contributed by atoms with E-state index in [2.05, 4.69) is 5.32 Å². The Hall–Kier alpha value is -2.16. The fourth-order valence-electron chi connectivity index (χ4n) is 3.11. The number of benzene rings is 3.